The van der Waals surface area contributed by atoms with Crippen molar-refractivity contribution in [3.8, 4) is 11.5 Å². The topological polar surface area (TPSA) is 77.8 Å². The van der Waals surface area contributed by atoms with E-state index in [1.807, 2.05) is 41.1 Å². The molecule has 2 aromatic heterocycles. The van der Waals surface area contributed by atoms with Crippen molar-refractivity contribution < 1.29 is 14.3 Å². The van der Waals surface area contributed by atoms with Crippen LogP contribution in [0.25, 0.3) is 5.78 Å². The van der Waals surface area contributed by atoms with Crippen LogP contribution in [-0.4, -0.2) is 34.0 Å². The summed E-state index contributed by atoms with van der Waals surface area (Å²) in [5.74, 6) is 1.79. The lowest BCUT2D eigenvalue weighted by Crippen LogP contribution is -2.37. The number of imidazole rings is 1. The summed E-state index contributed by atoms with van der Waals surface area (Å²) in [7, 11) is 1.61. The lowest BCUT2D eigenvalue weighted by atomic mass is 9.95. The van der Waals surface area contributed by atoms with E-state index in [0.717, 1.165) is 17.0 Å². The monoisotopic (exact) mass is 338 g/mol. The van der Waals surface area contributed by atoms with Crippen LogP contribution in [0.2, 0.25) is 0 Å². The second-order valence-electron chi connectivity index (χ2n) is 5.94. The Bertz CT molecular complexity index is 889. The smallest absolute Gasteiger partial charge is 0.233 e. The number of carbonyl (C=O) groups is 1. The van der Waals surface area contributed by atoms with E-state index < -0.39 is 0 Å². The summed E-state index contributed by atoms with van der Waals surface area (Å²) in [5, 5.41) is 2.94. The number of fused-ring (bicyclic) bond motifs is 2. The average molecular weight is 338 g/mol. The highest BCUT2D eigenvalue weighted by atomic mass is 16.5. The SMILES string of the molecule is COc1cccc2c1OC[C@H](C(=O)NCc1cn3cccnc3n1)C2. The first kappa shape index (κ1) is 15.4. The Morgan fingerprint density at radius 3 is 3.20 bits per heavy atom. The van der Waals surface area contributed by atoms with Gasteiger partial charge < -0.3 is 14.8 Å². The zero-order valence-corrected chi connectivity index (χ0v) is 13.8. The largest absolute Gasteiger partial charge is 0.493 e. The van der Waals surface area contributed by atoms with Crippen molar-refractivity contribution in [1.82, 2.24) is 19.7 Å². The first-order valence-corrected chi connectivity index (χ1v) is 8.09. The zero-order valence-electron chi connectivity index (χ0n) is 13.8. The summed E-state index contributed by atoms with van der Waals surface area (Å²) < 4.78 is 12.9. The molecule has 1 amide bonds. The molecule has 25 heavy (non-hydrogen) atoms. The van der Waals surface area contributed by atoms with Crippen molar-refractivity contribution >= 4 is 11.7 Å². The molecule has 1 aromatic carbocycles. The van der Waals surface area contributed by atoms with E-state index in [9.17, 15) is 4.79 Å². The Labute approximate surface area is 144 Å². The highest BCUT2D eigenvalue weighted by molar-refractivity contribution is 5.79. The van der Waals surface area contributed by atoms with Crippen LogP contribution in [0.4, 0.5) is 0 Å². The molecule has 7 nitrogen and oxygen atoms in total. The molecule has 1 atom stereocenters. The van der Waals surface area contributed by atoms with Gasteiger partial charge in [-0.05, 0) is 24.1 Å². The first-order chi connectivity index (χ1) is 12.2. The Balaban J connectivity index is 1.41. The van der Waals surface area contributed by atoms with Gasteiger partial charge in [0, 0.05) is 18.6 Å². The molecule has 0 bridgehead atoms. The number of rotatable bonds is 4. The lowest BCUT2D eigenvalue weighted by Gasteiger charge is -2.25. The molecule has 0 saturated heterocycles. The molecule has 128 valence electrons. The second-order valence-corrected chi connectivity index (χ2v) is 5.94. The number of nitrogens with zero attached hydrogens (tertiary/aromatic N) is 3. The highest BCUT2D eigenvalue weighted by Gasteiger charge is 2.27. The molecule has 3 heterocycles. The fourth-order valence-corrected chi connectivity index (χ4v) is 3.01. The van der Waals surface area contributed by atoms with Crippen molar-refractivity contribution in [2.75, 3.05) is 13.7 Å². The van der Waals surface area contributed by atoms with Gasteiger partial charge in [-0.3, -0.25) is 9.20 Å². The van der Waals surface area contributed by atoms with Gasteiger partial charge in [0.05, 0.1) is 25.3 Å². The van der Waals surface area contributed by atoms with Gasteiger partial charge in [0.2, 0.25) is 11.7 Å². The number of ether oxygens (including phenoxy) is 2. The maximum atomic E-state index is 12.5. The summed E-state index contributed by atoms with van der Waals surface area (Å²) in [6, 6.07) is 7.56. The molecule has 0 aliphatic carbocycles. The predicted molar refractivity (Wildman–Crippen MR) is 90.5 cm³/mol. The number of para-hydroxylation sites is 1. The molecular weight excluding hydrogens is 320 g/mol. The molecular formula is C18H18N4O3. The molecule has 0 unspecified atom stereocenters. The number of aromatic nitrogens is 3. The van der Waals surface area contributed by atoms with Crippen LogP contribution in [0.15, 0.2) is 42.9 Å². The number of methoxy groups -OCH3 is 1. The second kappa shape index (κ2) is 6.43. The number of hydrogen-bond donors (Lipinski definition) is 1. The maximum Gasteiger partial charge on any atom is 0.233 e. The Hall–Kier alpha value is -3.09. The van der Waals surface area contributed by atoms with E-state index >= 15 is 0 Å². The third-order valence-corrected chi connectivity index (χ3v) is 4.28. The minimum Gasteiger partial charge on any atom is -0.493 e. The molecule has 1 aliphatic rings. The van der Waals surface area contributed by atoms with E-state index in [4.69, 9.17) is 9.47 Å². The standard InChI is InChI=1S/C18H18N4O3/c1-24-15-5-2-4-12-8-13(11-25-16(12)15)17(23)20-9-14-10-22-7-3-6-19-18(22)21-14/h2-7,10,13H,8-9,11H2,1H3,(H,20,23)/t13-/m1/s1. The van der Waals surface area contributed by atoms with E-state index in [2.05, 4.69) is 15.3 Å². The van der Waals surface area contributed by atoms with Crippen LogP contribution >= 0.6 is 0 Å². The first-order valence-electron chi connectivity index (χ1n) is 8.09. The number of hydrogen-bond acceptors (Lipinski definition) is 5. The van der Waals surface area contributed by atoms with Crippen molar-refractivity contribution in [2.24, 2.45) is 5.92 Å². The van der Waals surface area contributed by atoms with Gasteiger partial charge in [-0.15, -0.1) is 0 Å². The fourth-order valence-electron chi connectivity index (χ4n) is 3.01. The summed E-state index contributed by atoms with van der Waals surface area (Å²) in [4.78, 5) is 21.0. The van der Waals surface area contributed by atoms with Gasteiger partial charge >= 0.3 is 0 Å². The average Bonchev–Trinajstić information content (AvgIpc) is 3.08. The van der Waals surface area contributed by atoms with Gasteiger partial charge in [-0.25, -0.2) is 9.97 Å². The Morgan fingerprint density at radius 2 is 2.36 bits per heavy atom. The van der Waals surface area contributed by atoms with Crippen LogP contribution in [-0.2, 0) is 17.8 Å². The normalized spacial score (nSPS) is 16.1. The van der Waals surface area contributed by atoms with Crippen molar-refractivity contribution in [1.29, 1.82) is 0 Å². The summed E-state index contributed by atoms with van der Waals surface area (Å²) in [6.07, 6.45) is 6.06. The molecule has 0 radical (unpaired) electrons. The van der Waals surface area contributed by atoms with Gasteiger partial charge in [0.1, 0.15) is 6.61 Å². The molecule has 0 fully saturated rings. The summed E-state index contributed by atoms with van der Waals surface area (Å²) >= 11 is 0. The molecule has 1 N–H and O–H groups in total. The molecule has 0 spiro atoms. The van der Waals surface area contributed by atoms with Crippen LogP contribution in [0, 0.1) is 5.92 Å². The third kappa shape index (κ3) is 3.00. The van der Waals surface area contributed by atoms with E-state index in [0.29, 0.717) is 31.1 Å². The Morgan fingerprint density at radius 1 is 1.44 bits per heavy atom. The number of carbonyl (C=O) groups excluding carboxylic acids is 1. The quantitative estimate of drug-likeness (QED) is 0.782. The van der Waals surface area contributed by atoms with E-state index in [1.165, 1.54) is 0 Å². The van der Waals surface area contributed by atoms with Gasteiger partial charge in [0.25, 0.3) is 0 Å². The zero-order chi connectivity index (χ0) is 17.2. The number of amides is 1. The molecule has 3 aromatic rings. The van der Waals surface area contributed by atoms with Crippen LogP contribution in [0.3, 0.4) is 0 Å². The van der Waals surface area contributed by atoms with E-state index in [-0.39, 0.29) is 11.8 Å². The molecule has 1 aliphatic heterocycles. The predicted octanol–water partition coefficient (Wildman–Crippen LogP) is 1.61. The minimum absolute atomic E-state index is 0.0431. The van der Waals surface area contributed by atoms with Crippen LogP contribution in [0.5, 0.6) is 11.5 Å². The highest BCUT2D eigenvalue weighted by Crippen LogP contribution is 2.36. The Kier molecular flexibility index (Phi) is 3.97. The van der Waals surface area contributed by atoms with Crippen molar-refractivity contribution in [3.63, 3.8) is 0 Å². The van der Waals surface area contributed by atoms with Crippen molar-refractivity contribution in [2.45, 2.75) is 13.0 Å². The van der Waals surface area contributed by atoms with Crippen LogP contribution in [0.1, 0.15) is 11.3 Å². The van der Waals surface area contributed by atoms with Gasteiger partial charge in [-0.1, -0.05) is 12.1 Å². The summed E-state index contributed by atoms with van der Waals surface area (Å²) in [6.45, 7) is 0.704. The number of nitrogens with one attached hydrogen (secondary N) is 1. The fraction of sp³-hybridized carbons (Fsp3) is 0.278. The van der Waals surface area contributed by atoms with Crippen LogP contribution < -0.4 is 14.8 Å². The van der Waals surface area contributed by atoms with Crippen molar-refractivity contribution in [3.05, 3.63) is 54.1 Å². The van der Waals surface area contributed by atoms with Gasteiger partial charge in [0.15, 0.2) is 11.5 Å². The molecule has 4 rings (SSSR count). The molecule has 0 saturated carbocycles. The third-order valence-electron chi connectivity index (χ3n) is 4.28. The molecule has 7 heteroatoms. The lowest BCUT2D eigenvalue weighted by molar-refractivity contribution is -0.126. The van der Waals surface area contributed by atoms with Gasteiger partial charge in [-0.2, -0.15) is 0 Å². The summed E-state index contributed by atoms with van der Waals surface area (Å²) in [5.41, 5.74) is 1.76. The maximum absolute atomic E-state index is 12.5. The minimum atomic E-state index is -0.227. The van der Waals surface area contributed by atoms with E-state index in [1.54, 1.807) is 13.3 Å². The number of benzene rings is 1.